The standard InChI is InChI=1S/C21H18NO2S2Se.C20H18NS2Se.C19H13NO3S2.2C19H16NS2Se.2CH4/c1-3-22-15-6-4-5-7-16(15)26-20(22)13-9-14-8-12-19(27-14)17-10-11-18(25-17)21(23)24-2;1-3-21-16-6-4-5-7-17(16)23-20(21)13-10-15-9-12-19(24-15)18-11-8-14(2)22-18;1-22-19(21)17-10-9-16(25-17)15-8-6-12(24-15)7-11-18-20-13-4-2-3-5-14(13)23-18;1-2-20-15-6-3-4-7-16(15)22-19(20)12-10-14-9-11-17(21-14)18-8-5-13-23-18;1-2-20-15-6-3-4-7-16(15)22-19(20)12-10-14-9-11-18(23-14)17-8-5-13-21-17;;/h4-13H,3H2,1-2H3;4-13H,3H2,1-2H3;2-11H,1H3;2*3-13H,2H2,1H3;2*1H4/q2*+1;;2*+1;;/b13-9+;13-10+;11-7+;2*12-10+;;. The van der Waals surface area contributed by atoms with E-state index in [-0.39, 0.29) is 41.3 Å². The van der Waals surface area contributed by atoms with Crippen LogP contribution in [0.5, 0.6) is 0 Å². The normalized spacial score (nSPS) is 11.4. The van der Waals surface area contributed by atoms with E-state index in [1.54, 1.807) is 17.4 Å². The molecule has 15 aromatic heterocycles. The number of benzene rings is 5. The van der Waals surface area contributed by atoms with Crippen molar-refractivity contribution in [2.24, 2.45) is 0 Å². The molecule has 0 aliphatic rings. The summed E-state index contributed by atoms with van der Waals surface area (Å²) in [6.45, 7) is 15.0. The SMILES string of the molecule is C.C.CC[n+]1c(/C=C/c2ccc(-c3ccc(C(=O)OC)s3)[se]2)sc2ccccc21.CC[n+]1c(/C=C/c2ccc(-c3ccc(C)s3)[se]2)sc2ccccc21.CC[n+]1c(/C=C/c2ccc(-c3ccc[se]3)s2)sc2ccccc21.CC[n+]1c(/C=C/c2ccc(-c3cccs3)[se]2)sc2ccccc21.COC(=O)c1ccc(-c2ccc(/C=C/c3nc4ccccc4o3)s2)s1. The van der Waals surface area contributed by atoms with Gasteiger partial charge in [-0.05, 0) is 42.5 Å². The molecule has 0 spiro atoms. The Morgan fingerprint density at radius 1 is 0.363 bits per heavy atom. The van der Waals surface area contributed by atoms with Crippen LogP contribution >= 0.6 is 113 Å². The fourth-order valence-corrected chi connectivity index (χ4v) is 31.5. The Labute approximate surface area is 787 Å². The number of nitrogens with zero attached hydrogens (tertiary/aromatic N) is 5. The molecule has 0 bridgehead atoms. The van der Waals surface area contributed by atoms with Gasteiger partial charge in [0, 0.05) is 20.7 Å². The van der Waals surface area contributed by atoms with Crippen LogP contribution in [0.15, 0.2) is 257 Å². The molecule has 0 atom stereocenters. The molecule has 0 saturated carbocycles. The van der Waals surface area contributed by atoms with E-state index in [1.165, 1.54) is 153 Å². The van der Waals surface area contributed by atoms with E-state index in [0.717, 1.165) is 56.8 Å². The van der Waals surface area contributed by atoms with Gasteiger partial charge in [-0.2, -0.15) is 0 Å². The number of para-hydroxylation sites is 6. The number of hydrogen-bond donors (Lipinski definition) is 0. The molecule has 0 N–H and O–H groups in total. The molecule has 20 rings (SSSR count). The van der Waals surface area contributed by atoms with Gasteiger partial charge in [0.25, 0.3) is 0 Å². The summed E-state index contributed by atoms with van der Waals surface area (Å²) in [5.41, 5.74) is 6.93. The number of rotatable bonds is 21. The maximum absolute atomic E-state index is 11.6. The van der Waals surface area contributed by atoms with Crippen LogP contribution in [0.3, 0.4) is 0 Å². The van der Waals surface area contributed by atoms with Crippen molar-refractivity contribution in [3.63, 3.8) is 0 Å². The number of esters is 2. The van der Waals surface area contributed by atoms with Gasteiger partial charge in [-0.15, -0.1) is 22.7 Å². The van der Waals surface area contributed by atoms with Crippen LogP contribution in [0, 0.1) is 6.92 Å². The van der Waals surface area contributed by atoms with Crippen LogP contribution in [-0.4, -0.2) is 89.2 Å². The van der Waals surface area contributed by atoms with Crippen molar-refractivity contribution in [2.45, 2.75) is 75.7 Å². The number of thiophene rings is 6. The largest absolute Gasteiger partial charge is 0.465 e. The maximum Gasteiger partial charge on any atom is 0.348 e. The Kier molecular flexibility index (Phi) is 32.3. The topological polar surface area (TPSA) is 94.2 Å². The molecule has 24 heteroatoms. The van der Waals surface area contributed by atoms with Crippen molar-refractivity contribution < 1.29 is 41.7 Å². The van der Waals surface area contributed by atoms with Gasteiger partial charge in [-0.25, -0.2) is 9.78 Å². The number of hydrogen-bond acceptors (Lipinski definition) is 16. The van der Waals surface area contributed by atoms with E-state index in [9.17, 15) is 9.59 Å². The molecule has 5 aromatic carbocycles. The van der Waals surface area contributed by atoms with Gasteiger partial charge in [0.2, 0.25) is 5.89 Å². The smallest absolute Gasteiger partial charge is 0.348 e. The predicted octanol–water partition coefficient (Wildman–Crippen LogP) is 27.6. The fraction of sp³-hybridized carbons (Fsp3) is 0.130. The van der Waals surface area contributed by atoms with Crippen LogP contribution in [0.2, 0.25) is 0 Å². The second-order valence-corrected chi connectivity index (χ2v) is 46.9. The number of carbonyl (C=O) groups is 2. The Morgan fingerprint density at radius 3 is 1.20 bits per heavy atom. The number of oxazole rings is 1. The summed E-state index contributed by atoms with van der Waals surface area (Å²) in [4.78, 5) is 42.5. The Bertz CT molecular complexity index is 6910. The van der Waals surface area contributed by atoms with Crippen LogP contribution in [0.4, 0.5) is 0 Å². The van der Waals surface area contributed by atoms with E-state index >= 15 is 0 Å². The Hall–Kier alpha value is -9.03. The molecule has 0 saturated heterocycles. The van der Waals surface area contributed by atoms with Gasteiger partial charge >= 0.3 is 636 Å². The summed E-state index contributed by atoms with van der Waals surface area (Å²) >= 11 is 19.2. The summed E-state index contributed by atoms with van der Waals surface area (Å²) in [5.74, 6) is 0.0171. The monoisotopic (exact) mass is 2080 g/mol. The van der Waals surface area contributed by atoms with Crippen LogP contribution in [0.1, 0.15) is 116 Å². The predicted molar refractivity (Wildman–Crippen MR) is 545 cm³/mol. The zero-order valence-electron chi connectivity index (χ0n) is 67.3. The van der Waals surface area contributed by atoms with Gasteiger partial charge in [0.1, 0.15) is 10.4 Å². The van der Waals surface area contributed by atoms with Crippen molar-refractivity contribution in [1.29, 1.82) is 0 Å². The number of thiazole rings is 4. The Morgan fingerprint density at radius 2 is 0.758 bits per heavy atom. The molecule has 0 fully saturated rings. The summed E-state index contributed by atoms with van der Waals surface area (Å²) in [7, 11) is 2.81. The quantitative estimate of drug-likeness (QED) is 0.0404. The second kappa shape index (κ2) is 43.9. The summed E-state index contributed by atoms with van der Waals surface area (Å²) in [6.07, 6.45) is 22.0. The summed E-state index contributed by atoms with van der Waals surface area (Å²) < 4.78 is 40.2. The van der Waals surface area contributed by atoms with E-state index in [0.29, 0.717) is 59.2 Å². The van der Waals surface area contributed by atoms with Crippen molar-refractivity contribution >= 4 is 296 Å². The minimum absolute atomic E-state index is 0. The van der Waals surface area contributed by atoms with Crippen LogP contribution in [-0.2, 0) is 35.7 Å². The molecule has 15 heterocycles. The third kappa shape index (κ3) is 22.1. The molecule has 0 aliphatic heterocycles. The maximum atomic E-state index is 11.6. The third-order valence-electron chi connectivity index (χ3n) is 19.2. The third-order valence-corrected chi connectivity index (χ3v) is 40.0. The first-order valence-corrected chi connectivity index (χ1v) is 54.5. The average Bonchev–Trinajstić information content (AvgIpc) is 1.65. The van der Waals surface area contributed by atoms with Crippen molar-refractivity contribution in [2.75, 3.05) is 14.2 Å². The fourth-order valence-electron chi connectivity index (χ4n) is 13.4. The van der Waals surface area contributed by atoms with E-state index < -0.39 is 0 Å². The zero-order chi connectivity index (χ0) is 83.8. The van der Waals surface area contributed by atoms with Gasteiger partial charge in [0.15, 0.2) is 5.58 Å². The number of ether oxygens (including phenoxy) is 2. The molecule has 20 aromatic rings. The zero-order valence-corrected chi connectivity index (χ0v) is 82.4. The molecule has 0 amide bonds. The minimum Gasteiger partial charge on any atom is -0.465 e. The van der Waals surface area contributed by atoms with Crippen molar-refractivity contribution in [3.8, 4) is 47.0 Å². The molecule has 0 unspecified atom stereocenters. The second-order valence-electron chi connectivity index (χ2n) is 27.0. The van der Waals surface area contributed by atoms with Gasteiger partial charge < -0.3 is 9.15 Å². The summed E-state index contributed by atoms with van der Waals surface area (Å²) in [5, 5.41) is 7.40. The molecule has 624 valence electrons. The van der Waals surface area contributed by atoms with E-state index in [4.69, 9.17) is 13.9 Å². The number of fused-ring (bicyclic) bond motifs is 5. The first kappa shape index (κ1) is 91.2. The number of methoxy groups -OCH3 is 2. The molecule has 0 radical (unpaired) electrons. The van der Waals surface area contributed by atoms with Crippen LogP contribution in [0.25, 0.3) is 160 Å². The van der Waals surface area contributed by atoms with Crippen molar-refractivity contribution in [3.05, 3.63) is 317 Å². The first-order valence-electron chi connectivity index (χ1n) is 39.3. The minimum atomic E-state index is -0.302. The Balaban J connectivity index is 0.000000126. The molecular weight excluding hydrogens is 1990 g/mol. The van der Waals surface area contributed by atoms with Gasteiger partial charge in [0.05, 0.1) is 7.11 Å². The molecule has 0 aliphatic carbocycles. The molecule has 10 nitrogen and oxygen atoms in total. The number of carbonyl (C=O) groups excluding carboxylic acids is 2. The van der Waals surface area contributed by atoms with E-state index in [2.05, 4.69) is 299 Å². The average molecular weight is 2080 g/mol. The summed E-state index contributed by atoms with van der Waals surface area (Å²) in [6, 6.07) is 85.1. The van der Waals surface area contributed by atoms with Crippen molar-refractivity contribution in [1.82, 2.24) is 4.98 Å². The van der Waals surface area contributed by atoms with Crippen LogP contribution < -0.4 is 18.3 Å². The number of aryl methyl sites for hydroxylation is 5. The van der Waals surface area contributed by atoms with Gasteiger partial charge in [-0.3, -0.25) is 0 Å². The molecule has 124 heavy (non-hydrogen) atoms. The number of aromatic nitrogens is 5. The van der Waals surface area contributed by atoms with E-state index in [1.807, 2.05) is 146 Å². The first-order chi connectivity index (χ1) is 59.9. The van der Waals surface area contributed by atoms with Gasteiger partial charge in [-0.1, -0.05) is 27.0 Å². The molecular formula is C100H89N5O5S10Se4+4.